The van der Waals surface area contributed by atoms with Crippen LogP contribution in [0.15, 0.2) is 12.1 Å². The van der Waals surface area contributed by atoms with Crippen molar-refractivity contribution in [2.75, 3.05) is 6.61 Å². The zero-order chi connectivity index (χ0) is 14.3. The first kappa shape index (κ1) is 14.2. The van der Waals surface area contributed by atoms with Crippen LogP contribution < -0.4 is 0 Å². The lowest BCUT2D eigenvalue weighted by molar-refractivity contribution is 0.331. The molecule has 1 nitrogen and oxygen atoms in total. The second-order valence-electron chi connectivity index (χ2n) is 6.94. The normalized spacial score (nSPS) is 19.3. The van der Waals surface area contributed by atoms with E-state index < -0.39 is 0 Å². The van der Waals surface area contributed by atoms with E-state index in [1.807, 2.05) is 0 Å². The second kappa shape index (κ2) is 4.69. The van der Waals surface area contributed by atoms with Gasteiger partial charge in [-0.05, 0) is 53.4 Å². The largest absolute Gasteiger partial charge is 0.384 e. The molecule has 1 heteroatoms. The van der Waals surface area contributed by atoms with E-state index in [-0.39, 0.29) is 17.4 Å². The Morgan fingerprint density at radius 2 is 1.58 bits per heavy atom. The van der Waals surface area contributed by atoms with Gasteiger partial charge in [0, 0.05) is 5.56 Å². The third-order valence-electron chi connectivity index (χ3n) is 4.50. The highest BCUT2D eigenvalue weighted by Crippen LogP contribution is 2.46. The Hall–Kier alpha value is -1.26. The second-order valence-corrected chi connectivity index (χ2v) is 6.94. The van der Waals surface area contributed by atoms with Crippen LogP contribution in [0.4, 0.5) is 0 Å². The van der Waals surface area contributed by atoms with Crippen molar-refractivity contribution in [1.29, 1.82) is 0 Å². The summed E-state index contributed by atoms with van der Waals surface area (Å²) in [5.74, 6) is 5.84. The third-order valence-corrected chi connectivity index (χ3v) is 4.50. The molecule has 0 amide bonds. The lowest BCUT2D eigenvalue weighted by Crippen LogP contribution is -2.34. The Balaban J connectivity index is 2.65. The van der Waals surface area contributed by atoms with Crippen molar-refractivity contribution < 1.29 is 5.11 Å². The predicted molar refractivity (Wildman–Crippen MR) is 80.4 cm³/mol. The van der Waals surface area contributed by atoms with Crippen molar-refractivity contribution in [2.24, 2.45) is 0 Å². The van der Waals surface area contributed by atoms with Gasteiger partial charge in [-0.1, -0.05) is 45.6 Å². The van der Waals surface area contributed by atoms with Crippen molar-refractivity contribution in [2.45, 2.75) is 58.3 Å². The predicted octanol–water partition coefficient (Wildman–Crippen LogP) is 3.69. The molecule has 1 aromatic carbocycles. The minimum atomic E-state index is -0.0780. The maximum Gasteiger partial charge on any atom is 0.104 e. The number of hydrogen-bond acceptors (Lipinski definition) is 1. The van der Waals surface area contributed by atoms with E-state index in [0.29, 0.717) is 0 Å². The first-order chi connectivity index (χ1) is 8.78. The number of rotatable bonds is 0. The van der Waals surface area contributed by atoms with Gasteiger partial charge < -0.3 is 5.11 Å². The van der Waals surface area contributed by atoms with Crippen molar-refractivity contribution in [3.8, 4) is 11.8 Å². The summed E-state index contributed by atoms with van der Waals surface area (Å²) in [6.45, 7) is 11.3. The zero-order valence-electron chi connectivity index (χ0n) is 12.7. The van der Waals surface area contributed by atoms with Gasteiger partial charge in [-0.25, -0.2) is 0 Å². The van der Waals surface area contributed by atoms with E-state index in [1.54, 1.807) is 0 Å². The molecule has 2 rings (SSSR count). The standard InChI is InChI=1S/C18H24O/c1-13-11-15-16(12-14(13)7-6-10-19)18(4,5)9-8-17(15,2)3/h11-12,19H,8-10H2,1-5H3. The number of aliphatic hydroxyl groups excluding tert-OH is 1. The van der Waals surface area contributed by atoms with Gasteiger partial charge in [-0.15, -0.1) is 0 Å². The summed E-state index contributed by atoms with van der Waals surface area (Å²) in [6.07, 6.45) is 2.44. The van der Waals surface area contributed by atoms with Crippen LogP contribution in [0.1, 0.15) is 62.8 Å². The topological polar surface area (TPSA) is 20.2 Å². The van der Waals surface area contributed by atoms with Crippen LogP contribution in [0.5, 0.6) is 0 Å². The lowest BCUT2D eigenvalue weighted by Gasteiger charge is -2.42. The molecule has 0 unspecified atom stereocenters. The van der Waals surface area contributed by atoms with Gasteiger partial charge >= 0.3 is 0 Å². The minimum absolute atomic E-state index is 0.0780. The summed E-state index contributed by atoms with van der Waals surface area (Å²) in [6, 6.07) is 4.55. The van der Waals surface area contributed by atoms with Crippen molar-refractivity contribution in [3.05, 3.63) is 34.4 Å². The van der Waals surface area contributed by atoms with E-state index in [4.69, 9.17) is 5.11 Å². The van der Waals surface area contributed by atoms with Gasteiger partial charge in [0.25, 0.3) is 0 Å². The Morgan fingerprint density at radius 1 is 1.05 bits per heavy atom. The zero-order valence-corrected chi connectivity index (χ0v) is 12.7. The minimum Gasteiger partial charge on any atom is -0.384 e. The molecule has 0 saturated carbocycles. The maximum atomic E-state index is 8.87. The molecule has 0 spiro atoms. The molecule has 1 aromatic rings. The van der Waals surface area contributed by atoms with E-state index in [2.05, 4.69) is 58.6 Å². The van der Waals surface area contributed by atoms with Crippen molar-refractivity contribution in [3.63, 3.8) is 0 Å². The molecule has 0 aromatic heterocycles. The molecular weight excluding hydrogens is 232 g/mol. The molecule has 0 radical (unpaired) electrons. The molecule has 1 N–H and O–H groups in total. The molecule has 1 aliphatic carbocycles. The van der Waals surface area contributed by atoms with Crippen molar-refractivity contribution in [1.82, 2.24) is 0 Å². The number of benzene rings is 1. The summed E-state index contributed by atoms with van der Waals surface area (Å²) in [5, 5.41) is 8.87. The van der Waals surface area contributed by atoms with E-state index in [0.717, 1.165) is 5.56 Å². The molecule has 0 heterocycles. The average Bonchev–Trinajstić information content (AvgIpc) is 2.33. The average molecular weight is 256 g/mol. The summed E-state index contributed by atoms with van der Waals surface area (Å²) in [4.78, 5) is 0. The van der Waals surface area contributed by atoms with Crippen LogP contribution >= 0.6 is 0 Å². The highest BCUT2D eigenvalue weighted by atomic mass is 16.2. The number of aryl methyl sites for hydroxylation is 1. The van der Waals surface area contributed by atoms with Gasteiger partial charge in [-0.3, -0.25) is 0 Å². The monoisotopic (exact) mass is 256 g/mol. The fourth-order valence-corrected chi connectivity index (χ4v) is 2.99. The van der Waals surface area contributed by atoms with Crippen LogP contribution in [0.25, 0.3) is 0 Å². The molecular formula is C18H24O. The Morgan fingerprint density at radius 3 is 2.11 bits per heavy atom. The molecule has 0 aliphatic heterocycles. The highest BCUT2D eigenvalue weighted by molar-refractivity contribution is 5.52. The third kappa shape index (κ3) is 2.55. The summed E-state index contributed by atoms with van der Waals surface area (Å²) in [7, 11) is 0. The Bertz CT molecular complexity index is 553. The Kier molecular flexibility index (Phi) is 3.49. The van der Waals surface area contributed by atoms with Crippen molar-refractivity contribution >= 4 is 0 Å². The Labute approximate surface area is 117 Å². The van der Waals surface area contributed by atoms with Crippen LogP contribution in [0.3, 0.4) is 0 Å². The molecule has 0 bridgehead atoms. The number of fused-ring (bicyclic) bond motifs is 1. The quantitative estimate of drug-likeness (QED) is 0.702. The number of hydrogen-bond donors (Lipinski definition) is 1. The van der Waals surface area contributed by atoms with Crippen LogP contribution in [-0.2, 0) is 10.8 Å². The fraction of sp³-hybridized carbons (Fsp3) is 0.556. The highest BCUT2D eigenvalue weighted by Gasteiger charge is 2.37. The van der Waals surface area contributed by atoms with Crippen LogP contribution in [-0.4, -0.2) is 11.7 Å². The van der Waals surface area contributed by atoms with E-state index >= 15 is 0 Å². The van der Waals surface area contributed by atoms with Gasteiger partial charge in [0.1, 0.15) is 6.61 Å². The smallest absolute Gasteiger partial charge is 0.104 e. The molecule has 0 saturated heterocycles. The first-order valence-corrected chi connectivity index (χ1v) is 7.03. The summed E-state index contributed by atoms with van der Waals surface area (Å²) in [5.41, 5.74) is 5.63. The molecule has 19 heavy (non-hydrogen) atoms. The van der Waals surface area contributed by atoms with Gasteiger partial charge in [-0.2, -0.15) is 0 Å². The molecule has 0 atom stereocenters. The molecule has 0 fully saturated rings. The first-order valence-electron chi connectivity index (χ1n) is 7.03. The lowest BCUT2D eigenvalue weighted by atomic mass is 9.62. The van der Waals surface area contributed by atoms with Crippen LogP contribution in [0, 0.1) is 18.8 Å². The number of aliphatic hydroxyl groups is 1. The summed E-state index contributed by atoms with van der Waals surface area (Å²) < 4.78 is 0. The van der Waals surface area contributed by atoms with Gasteiger partial charge in [0.05, 0.1) is 0 Å². The SMILES string of the molecule is Cc1cc2c(cc1C#CCO)C(C)(C)CCC2(C)C. The molecule has 1 aliphatic rings. The van der Waals surface area contributed by atoms with Crippen LogP contribution in [0.2, 0.25) is 0 Å². The van der Waals surface area contributed by atoms with Gasteiger partial charge in [0.15, 0.2) is 0 Å². The molecule has 102 valence electrons. The maximum absolute atomic E-state index is 8.87. The van der Waals surface area contributed by atoms with E-state index in [1.165, 1.54) is 29.5 Å². The fourth-order valence-electron chi connectivity index (χ4n) is 2.99. The summed E-state index contributed by atoms with van der Waals surface area (Å²) >= 11 is 0. The van der Waals surface area contributed by atoms with E-state index in [9.17, 15) is 0 Å². The van der Waals surface area contributed by atoms with Gasteiger partial charge in [0.2, 0.25) is 0 Å².